The molecule has 1 aliphatic rings. The van der Waals surface area contributed by atoms with E-state index in [1.807, 2.05) is 26.0 Å². The zero-order chi connectivity index (χ0) is 19.3. The van der Waals surface area contributed by atoms with Gasteiger partial charge in [0.1, 0.15) is 5.76 Å². The molecule has 1 heterocycles. The molecule has 0 radical (unpaired) electrons. The smallest absolute Gasteiger partial charge is 0.191 e. The number of rotatable bonds is 11. The Labute approximate surface area is 189 Å². The summed E-state index contributed by atoms with van der Waals surface area (Å²) in [5.74, 6) is 2.55. The van der Waals surface area contributed by atoms with Crippen LogP contribution in [0.5, 0.6) is 0 Å². The van der Waals surface area contributed by atoms with Crippen molar-refractivity contribution in [2.24, 2.45) is 4.99 Å². The van der Waals surface area contributed by atoms with Gasteiger partial charge in [0.25, 0.3) is 0 Å². The lowest BCUT2D eigenvalue weighted by Gasteiger charge is -2.30. The van der Waals surface area contributed by atoms with Gasteiger partial charge in [0.05, 0.1) is 6.26 Å². The fraction of sp³-hybridized carbons (Fsp3) is 0.750. The topological polar surface area (TPSA) is 75.9 Å². The van der Waals surface area contributed by atoms with Crippen molar-refractivity contribution in [1.29, 1.82) is 0 Å². The molecule has 162 valence electrons. The van der Waals surface area contributed by atoms with E-state index >= 15 is 0 Å². The third-order valence-corrected chi connectivity index (χ3v) is 6.53. The van der Waals surface area contributed by atoms with Gasteiger partial charge in [-0.25, -0.2) is 0 Å². The highest BCUT2D eigenvalue weighted by Gasteiger charge is 2.26. The molecule has 0 amide bonds. The molecule has 0 bridgehead atoms. The second-order valence-electron chi connectivity index (χ2n) is 6.84. The van der Waals surface area contributed by atoms with Gasteiger partial charge in [-0.15, -0.1) is 24.0 Å². The van der Waals surface area contributed by atoms with Crippen LogP contribution in [0.15, 0.2) is 27.8 Å². The average molecular weight is 525 g/mol. The molecule has 1 fully saturated rings. The molecule has 0 aliphatic heterocycles. The van der Waals surface area contributed by atoms with Crippen molar-refractivity contribution in [1.82, 2.24) is 10.6 Å². The predicted octanol–water partition coefficient (Wildman–Crippen LogP) is 3.48. The summed E-state index contributed by atoms with van der Waals surface area (Å²) in [5, 5.41) is 7.29. The van der Waals surface area contributed by atoms with E-state index in [4.69, 9.17) is 14.1 Å². The maximum Gasteiger partial charge on any atom is 0.191 e. The minimum Gasteiger partial charge on any atom is -0.469 e. The van der Waals surface area contributed by atoms with Crippen LogP contribution in [-0.2, 0) is 22.0 Å². The summed E-state index contributed by atoms with van der Waals surface area (Å²) in [6, 6.07) is 4.23. The summed E-state index contributed by atoms with van der Waals surface area (Å²) in [6.45, 7) is 6.99. The van der Waals surface area contributed by atoms with Crippen molar-refractivity contribution in [3.8, 4) is 0 Å². The summed E-state index contributed by atoms with van der Waals surface area (Å²) in [4.78, 5) is 4.71. The first kappa shape index (κ1) is 25.4. The highest BCUT2D eigenvalue weighted by Crippen LogP contribution is 2.23. The summed E-state index contributed by atoms with van der Waals surface area (Å²) < 4.78 is 23.0. The SMILES string of the molecule is CCOCCCN=C(NCCc1ccco1)NC1CCCC(S(=O)CC)C1.I. The maximum absolute atomic E-state index is 12.2. The third-order valence-electron chi connectivity index (χ3n) is 4.79. The van der Waals surface area contributed by atoms with Gasteiger partial charge in [-0.05, 0) is 44.7 Å². The van der Waals surface area contributed by atoms with E-state index < -0.39 is 10.8 Å². The second-order valence-corrected chi connectivity index (χ2v) is 8.84. The number of nitrogens with zero attached hydrogens (tertiary/aromatic N) is 1. The fourth-order valence-corrected chi connectivity index (χ4v) is 4.71. The molecule has 1 aliphatic carbocycles. The molecular weight excluding hydrogens is 489 g/mol. The number of nitrogens with one attached hydrogen (secondary N) is 2. The maximum atomic E-state index is 12.2. The molecule has 8 heteroatoms. The molecule has 3 unspecified atom stereocenters. The molecule has 0 spiro atoms. The van der Waals surface area contributed by atoms with E-state index in [0.29, 0.717) is 11.3 Å². The monoisotopic (exact) mass is 525 g/mol. The Morgan fingerprint density at radius 1 is 1.39 bits per heavy atom. The van der Waals surface area contributed by atoms with Crippen LogP contribution >= 0.6 is 24.0 Å². The summed E-state index contributed by atoms with van der Waals surface area (Å²) in [5.41, 5.74) is 0. The average Bonchev–Trinajstić information content (AvgIpc) is 3.20. The number of hydrogen-bond donors (Lipinski definition) is 2. The molecule has 0 aromatic carbocycles. The van der Waals surface area contributed by atoms with E-state index in [9.17, 15) is 4.21 Å². The lowest BCUT2D eigenvalue weighted by molar-refractivity contribution is 0.146. The van der Waals surface area contributed by atoms with Crippen molar-refractivity contribution in [2.75, 3.05) is 32.1 Å². The van der Waals surface area contributed by atoms with Gasteiger partial charge in [-0.3, -0.25) is 9.20 Å². The van der Waals surface area contributed by atoms with Crippen molar-refractivity contribution in [3.05, 3.63) is 24.2 Å². The van der Waals surface area contributed by atoms with E-state index in [0.717, 1.165) is 82.3 Å². The van der Waals surface area contributed by atoms with E-state index in [1.54, 1.807) is 6.26 Å². The zero-order valence-corrected chi connectivity index (χ0v) is 20.3. The van der Waals surface area contributed by atoms with E-state index in [1.165, 1.54) is 0 Å². The Balaban J connectivity index is 0.00000392. The molecule has 1 aromatic heterocycles. The molecular formula is C20H36IN3O3S. The highest BCUT2D eigenvalue weighted by molar-refractivity contribution is 14.0. The number of hydrogen-bond acceptors (Lipinski definition) is 4. The van der Waals surface area contributed by atoms with Gasteiger partial charge < -0.3 is 19.8 Å². The van der Waals surface area contributed by atoms with Crippen LogP contribution in [0.25, 0.3) is 0 Å². The first-order valence-corrected chi connectivity index (χ1v) is 11.6. The van der Waals surface area contributed by atoms with Crippen molar-refractivity contribution in [3.63, 3.8) is 0 Å². The van der Waals surface area contributed by atoms with Gasteiger partial charge in [0.2, 0.25) is 0 Å². The van der Waals surface area contributed by atoms with Crippen LogP contribution in [0.3, 0.4) is 0 Å². The van der Waals surface area contributed by atoms with E-state index in [-0.39, 0.29) is 24.0 Å². The van der Waals surface area contributed by atoms with Crippen LogP contribution in [-0.4, -0.2) is 53.5 Å². The summed E-state index contributed by atoms with van der Waals surface area (Å²) in [7, 11) is -0.713. The van der Waals surface area contributed by atoms with Gasteiger partial charge in [-0.1, -0.05) is 13.3 Å². The molecule has 1 saturated carbocycles. The number of halogens is 1. The largest absolute Gasteiger partial charge is 0.469 e. The van der Waals surface area contributed by atoms with Crippen LogP contribution in [0, 0.1) is 0 Å². The highest BCUT2D eigenvalue weighted by atomic mass is 127. The van der Waals surface area contributed by atoms with Gasteiger partial charge in [0.15, 0.2) is 5.96 Å². The Bertz CT molecular complexity index is 569. The number of ether oxygens (including phenoxy) is 1. The Hall–Kier alpha value is -0.610. The molecule has 6 nitrogen and oxygen atoms in total. The first-order chi connectivity index (χ1) is 13.2. The summed E-state index contributed by atoms with van der Waals surface area (Å²) >= 11 is 0. The quantitative estimate of drug-likeness (QED) is 0.200. The Morgan fingerprint density at radius 3 is 2.96 bits per heavy atom. The minimum atomic E-state index is -0.713. The molecule has 0 saturated heterocycles. The first-order valence-electron chi connectivity index (χ1n) is 10.2. The standard InChI is InChI=1S/C20H35N3O3S.HI/c1-3-25-14-7-12-21-20(22-13-11-18-9-6-15-26-18)23-17-8-5-10-19(16-17)27(24)4-2;/h6,9,15,17,19H,3-5,7-8,10-14,16H2,1-2H3,(H2,21,22,23);1H. The van der Waals surface area contributed by atoms with Gasteiger partial charge in [-0.2, -0.15) is 0 Å². The van der Waals surface area contributed by atoms with Crippen LogP contribution in [0.1, 0.15) is 51.7 Å². The lowest BCUT2D eigenvalue weighted by Crippen LogP contribution is -2.47. The normalized spacial score (nSPS) is 21.0. The molecule has 1 aromatic rings. The van der Waals surface area contributed by atoms with Crippen LogP contribution in [0.4, 0.5) is 0 Å². The van der Waals surface area contributed by atoms with Gasteiger partial charge in [0, 0.05) is 60.6 Å². The fourth-order valence-electron chi connectivity index (χ4n) is 3.36. The predicted molar refractivity (Wildman–Crippen MR) is 127 cm³/mol. The van der Waals surface area contributed by atoms with Crippen molar-refractivity contribution < 1.29 is 13.4 Å². The second kappa shape index (κ2) is 15.3. The number of aliphatic imine (C=N–C) groups is 1. The number of furan rings is 1. The number of guanidine groups is 1. The Morgan fingerprint density at radius 2 is 2.25 bits per heavy atom. The van der Waals surface area contributed by atoms with Crippen LogP contribution in [0.2, 0.25) is 0 Å². The minimum absolute atomic E-state index is 0. The molecule has 28 heavy (non-hydrogen) atoms. The summed E-state index contributed by atoms with van der Waals surface area (Å²) in [6.07, 6.45) is 7.69. The molecule has 2 rings (SSSR count). The van der Waals surface area contributed by atoms with Crippen molar-refractivity contribution >= 4 is 40.7 Å². The Kier molecular flexibility index (Phi) is 13.9. The zero-order valence-electron chi connectivity index (χ0n) is 17.2. The molecule has 3 atom stereocenters. The van der Waals surface area contributed by atoms with Gasteiger partial charge >= 0.3 is 0 Å². The third kappa shape index (κ3) is 9.73. The van der Waals surface area contributed by atoms with E-state index in [2.05, 4.69) is 10.6 Å². The lowest BCUT2D eigenvalue weighted by atomic mass is 9.95. The van der Waals surface area contributed by atoms with Crippen LogP contribution < -0.4 is 10.6 Å². The molecule has 2 N–H and O–H groups in total. The van der Waals surface area contributed by atoms with Crippen molar-refractivity contribution in [2.45, 2.75) is 63.7 Å².